The van der Waals surface area contributed by atoms with Crippen LogP contribution in [0.1, 0.15) is 22.3 Å². The predicted molar refractivity (Wildman–Crippen MR) is 94.9 cm³/mol. The number of fused-ring (bicyclic) bond motifs is 1. The molecule has 1 heterocycles. The van der Waals surface area contributed by atoms with Crippen LogP contribution in [0.2, 0.25) is 0 Å². The SMILES string of the molecule is C#C[C@H]1CC(F)(F)CN1C(=O)CNC(=O)c1cccc2ccc(C)cc12. The number of alkyl halides is 2. The first-order valence-electron chi connectivity index (χ1n) is 8.22. The molecule has 26 heavy (non-hydrogen) atoms. The van der Waals surface area contributed by atoms with Crippen molar-refractivity contribution >= 4 is 22.6 Å². The van der Waals surface area contributed by atoms with E-state index in [1.165, 1.54) is 0 Å². The Bertz CT molecular complexity index is 918. The van der Waals surface area contributed by atoms with Gasteiger partial charge in [0.2, 0.25) is 5.91 Å². The van der Waals surface area contributed by atoms with E-state index in [0.717, 1.165) is 21.2 Å². The number of nitrogens with one attached hydrogen (secondary N) is 1. The summed E-state index contributed by atoms with van der Waals surface area (Å²) in [6.07, 6.45) is 4.69. The first-order chi connectivity index (χ1) is 12.3. The van der Waals surface area contributed by atoms with E-state index in [0.29, 0.717) is 5.56 Å². The molecular weight excluding hydrogens is 338 g/mol. The maximum absolute atomic E-state index is 13.5. The molecule has 4 nitrogen and oxygen atoms in total. The Hall–Kier alpha value is -2.94. The number of terminal acetylenes is 1. The van der Waals surface area contributed by atoms with Gasteiger partial charge in [-0.25, -0.2) is 8.78 Å². The fourth-order valence-electron chi connectivity index (χ4n) is 3.17. The highest BCUT2D eigenvalue weighted by atomic mass is 19.3. The number of carbonyl (C=O) groups is 2. The maximum Gasteiger partial charge on any atom is 0.268 e. The third-order valence-electron chi connectivity index (χ3n) is 4.47. The summed E-state index contributed by atoms with van der Waals surface area (Å²) < 4.78 is 27.0. The van der Waals surface area contributed by atoms with Crippen molar-refractivity contribution in [3.8, 4) is 12.3 Å². The summed E-state index contributed by atoms with van der Waals surface area (Å²) in [6.45, 7) is 0.824. The minimum atomic E-state index is -3.00. The van der Waals surface area contributed by atoms with E-state index in [9.17, 15) is 18.4 Å². The van der Waals surface area contributed by atoms with Crippen molar-refractivity contribution in [3.05, 3.63) is 47.5 Å². The van der Waals surface area contributed by atoms with Crippen LogP contribution in [0.25, 0.3) is 10.8 Å². The summed E-state index contributed by atoms with van der Waals surface area (Å²) in [5.74, 6) is -1.83. The molecule has 0 aliphatic carbocycles. The second kappa shape index (κ2) is 6.75. The second-order valence-corrected chi connectivity index (χ2v) is 6.48. The van der Waals surface area contributed by atoms with E-state index in [1.807, 2.05) is 31.2 Å². The lowest BCUT2D eigenvalue weighted by atomic mass is 10.0. The van der Waals surface area contributed by atoms with Gasteiger partial charge in [0.1, 0.15) is 0 Å². The highest BCUT2D eigenvalue weighted by Crippen LogP contribution is 2.31. The predicted octanol–water partition coefficient (Wildman–Crippen LogP) is 2.75. The van der Waals surface area contributed by atoms with Crippen LogP contribution in [0.3, 0.4) is 0 Å². The number of amides is 2. The fraction of sp³-hybridized carbons (Fsp3) is 0.300. The Morgan fingerprint density at radius 3 is 2.85 bits per heavy atom. The van der Waals surface area contributed by atoms with Crippen molar-refractivity contribution in [2.75, 3.05) is 13.1 Å². The van der Waals surface area contributed by atoms with Gasteiger partial charge < -0.3 is 10.2 Å². The molecule has 0 unspecified atom stereocenters. The zero-order chi connectivity index (χ0) is 18.9. The van der Waals surface area contributed by atoms with Crippen molar-refractivity contribution in [1.82, 2.24) is 10.2 Å². The highest BCUT2D eigenvalue weighted by Gasteiger charge is 2.46. The molecule has 2 amide bonds. The van der Waals surface area contributed by atoms with Crippen LogP contribution in [0.4, 0.5) is 8.78 Å². The average molecular weight is 356 g/mol. The van der Waals surface area contributed by atoms with Gasteiger partial charge >= 0.3 is 0 Å². The van der Waals surface area contributed by atoms with Crippen molar-refractivity contribution in [2.24, 2.45) is 0 Å². The van der Waals surface area contributed by atoms with Gasteiger partial charge in [0.25, 0.3) is 11.8 Å². The molecule has 1 fully saturated rings. The Morgan fingerprint density at radius 2 is 2.12 bits per heavy atom. The second-order valence-electron chi connectivity index (χ2n) is 6.48. The van der Waals surface area contributed by atoms with E-state index >= 15 is 0 Å². The summed E-state index contributed by atoms with van der Waals surface area (Å²) in [6, 6.07) is 10.1. The molecule has 1 N–H and O–H groups in total. The monoisotopic (exact) mass is 356 g/mol. The molecule has 0 spiro atoms. The van der Waals surface area contributed by atoms with Crippen LogP contribution >= 0.6 is 0 Å². The maximum atomic E-state index is 13.5. The number of hydrogen-bond donors (Lipinski definition) is 1. The van der Waals surface area contributed by atoms with Gasteiger partial charge in [-0.05, 0) is 23.8 Å². The number of hydrogen-bond acceptors (Lipinski definition) is 2. The van der Waals surface area contributed by atoms with E-state index in [2.05, 4.69) is 11.2 Å². The fourth-order valence-corrected chi connectivity index (χ4v) is 3.17. The average Bonchev–Trinajstić information content (AvgIpc) is 2.93. The Morgan fingerprint density at radius 1 is 1.35 bits per heavy atom. The summed E-state index contributed by atoms with van der Waals surface area (Å²) in [4.78, 5) is 25.7. The zero-order valence-corrected chi connectivity index (χ0v) is 14.3. The van der Waals surface area contributed by atoms with Crippen LogP contribution in [-0.4, -0.2) is 41.8 Å². The van der Waals surface area contributed by atoms with Crippen molar-refractivity contribution < 1.29 is 18.4 Å². The summed E-state index contributed by atoms with van der Waals surface area (Å²) in [7, 11) is 0. The molecule has 0 radical (unpaired) electrons. The van der Waals surface area contributed by atoms with Crippen molar-refractivity contribution in [2.45, 2.75) is 25.3 Å². The van der Waals surface area contributed by atoms with Crippen molar-refractivity contribution in [1.29, 1.82) is 0 Å². The normalized spacial score (nSPS) is 18.5. The van der Waals surface area contributed by atoms with Gasteiger partial charge in [-0.15, -0.1) is 6.42 Å². The highest BCUT2D eigenvalue weighted by molar-refractivity contribution is 6.08. The molecule has 134 valence electrons. The van der Waals surface area contributed by atoms with E-state index in [1.54, 1.807) is 12.1 Å². The molecule has 0 aromatic heterocycles. The van der Waals surface area contributed by atoms with Gasteiger partial charge in [-0.1, -0.05) is 41.8 Å². The topological polar surface area (TPSA) is 49.4 Å². The Kier molecular flexibility index (Phi) is 4.64. The molecule has 2 aromatic carbocycles. The van der Waals surface area contributed by atoms with Crippen LogP contribution in [0, 0.1) is 19.3 Å². The van der Waals surface area contributed by atoms with E-state index < -0.39 is 36.7 Å². The Labute approximate surface area is 150 Å². The largest absolute Gasteiger partial charge is 0.343 e. The quantitative estimate of drug-likeness (QED) is 0.860. The minimum Gasteiger partial charge on any atom is -0.343 e. The standard InChI is InChI=1S/C20H18F2N2O2/c1-3-15-10-20(21,22)12-24(15)18(25)11-23-19(26)16-6-4-5-14-8-7-13(2)9-17(14)16/h1,4-9,15H,10-12H2,2H3,(H,23,26)/t15-/m0/s1. The molecule has 2 aromatic rings. The molecule has 1 aliphatic heterocycles. The lowest BCUT2D eigenvalue weighted by Gasteiger charge is -2.20. The first kappa shape index (κ1) is 17.9. The van der Waals surface area contributed by atoms with Crippen LogP contribution < -0.4 is 5.32 Å². The summed E-state index contributed by atoms with van der Waals surface area (Å²) in [5, 5.41) is 4.19. The minimum absolute atomic E-state index is 0.380. The van der Waals surface area contributed by atoms with Crippen molar-refractivity contribution in [3.63, 3.8) is 0 Å². The van der Waals surface area contributed by atoms with Crippen LogP contribution in [0.5, 0.6) is 0 Å². The smallest absolute Gasteiger partial charge is 0.268 e. The van der Waals surface area contributed by atoms with E-state index in [4.69, 9.17) is 6.42 Å². The number of likely N-dealkylation sites (tertiary alicyclic amines) is 1. The van der Waals surface area contributed by atoms with Crippen LogP contribution in [-0.2, 0) is 4.79 Å². The number of benzene rings is 2. The third kappa shape index (κ3) is 3.52. The summed E-state index contributed by atoms with van der Waals surface area (Å²) >= 11 is 0. The zero-order valence-electron chi connectivity index (χ0n) is 14.3. The van der Waals surface area contributed by atoms with Gasteiger partial charge in [0.05, 0.1) is 19.1 Å². The summed E-state index contributed by atoms with van der Waals surface area (Å²) in [5.41, 5.74) is 1.43. The molecule has 1 saturated heterocycles. The molecule has 6 heteroatoms. The molecule has 1 aliphatic rings. The third-order valence-corrected chi connectivity index (χ3v) is 4.47. The van der Waals surface area contributed by atoms with Gasteiger partial charge in [-0.2, -0.15) is 0 Å². The number of nitrogens with zero attached hydrogens (tertiary/aromatic N) is 1. The molecule has 0 bridgehead atoms. The number of aryl methyl sites for hydroxylation is 1. The first-order valence-corrected chi connectivity index (χ1v) is 8.22. The molecule has 3 rings (SSSR count). The molecule has 1 atom stereocenters. The molecular formula is C20H18F2N2O2. The lowest BCUT2D eigenvalue weighted by molar-refractivity contribution is -0.131. The number of halogens is 2. The van der Waals surface area contributed by atoms with Gasteiger partial charge in [0, 0.05) is 12.0 Å². The van der Waals surface area contributed by atoms with Gasteiger partial charge in [-0.3, -0.25) is 9.59 Å². The number of rotatable bonds is 3. The van der Waals surface area contributed by atoms with Crippen LogP contribution in [0.15, 0.2) is 36.4 Å². The van der Waals surface area contributed by atoms with E-state index in [-0.39, 0.29) is 6.54 Å². The molecule has 0 saturated carbocycles. The lowest BCUT2D eigenvalue weighted by Crippen LogP contribution is -2.43. The number of carbonyl (C=O) groups excluding carboxylic acids is 2. The Balaban J connectivity index is 1.73. The van der Waals surface area contributed by atoms with Gasteiger partial charge in [0.15, 0.2) is 0 Å².